The van der Waals surface area contributed by atoms with Crippen LogP contribution in [-0.4, -0.2) is 28.7 Å². The van der Waals surface area contributed by atoms with E-state index in [1.54, 1.807) is 24.3 Å². The molecule has 4 atom stereocenters. The molecule has 2 aromatic carbocycles. The van der Waals surface area contributed by atoms with Gasteiger partial charge in [-0.15, -0.1) is 0 Å². The van der Waals surface area contributed by atoms with E-state index >= 15 is 0 Å². The van der Waals surface area contributed by atoms with Crippen molar-refractivity contribution in [3.63, 3.8) is 0 Å². The fourth-order valence-electron chi connectivity index (χ4n) is 5.55. The Morgan fingerprint density at radius 2 is 1.78 bits per heavy atom. The van der Waals surface area contributed by atoms with Gasteiger partial charge in [0, 0.05) is 23.4 Å². The summed E-state index contributed by atoms with van der Waals surface area (Å²) < 4.78 is 0. The van der Waals surface area contributed by atoms with E-state index in [0.29, 0.717) is 11.3 Å². The number of carbonyl (C=O) groups is 3. The van der Waals surface area contributed by atoms with E-state index in [1.165, 1.54) is 25.1 Å². The summed E-state index contributed by atoms with van der Waals surface area (Å²) in [6.07, 6.45) is 0. The van der Waals surface area contributed by atoms with Crippen molar-refractivity contribution >= 4 is 34.8 Å². The van der Waals surface area contributed by atoms with E-state index in [2.05, 4.69) is 10.6 Å². The number of anilines is 2. The van der Waals surface area contributed by atoms with Crippen LogP contribution in [-0.2, 0) is 19.9 Å². The van der Waals surface area contributed by atoms with E-state index in [4.69, 9.17) is 0 Å². The molecule has 2 fully saturated rings. The van der Waals surface area contributed by atoms with Crippen LogP contribution in [0.4, 0.5) is 17.1 Å². The van der Waals surface area contributed by atoms with Gasteiger partial charge in [0.15, 0.2) is 0 Å². The highest BCUT2D eigenvalue weighted by Crippen LogP contribution is 2.54. The van der Waals surface area contributed by atoms with Gasteiger partial charge in [0.05, 0.1) is 28.0 Å². The van der Waals surface area contributed by atoms with Gasteiger partial charge in [-0.3, -0.25) is 29.8 Å². The van der Waals surface area contributed by atoms with Crippen molar-refractivity contribution in [2.75, 3.05) is 10.2 Å². The standard InChI is InChI=1S/C23H22N4O5/c1-11(2)19-17-18(23(25-19)13-7-4-5-8-14(13)24-22(23)30)21(29)26(20(17)28)15-9-6-10-16(12(15)3)27(31)32/h4-11,17-19,25H,1-3H3,(H,24,30)/t17-,18+,19-,23-/m0/s1. The highest BCUT2D eigenvalue weighted by Gasteiger charge is 2.71. The summed E-state index contributed by atoms with van der Waals surface area (Å²) in [5.41, 5.74) is 0.135. The predicted molar refractivity (Wildman–Crippen MR) is 116 cm³/mol. The number of benzene rings is 2. The van der Waals surface area contributed by atoms with Gasteiger partial charge in [0.2, 0.25) is 17.7 Å². The first kappa shape index (κ1) is 20.3. The van der Waals surface area contributed by atoms with E-state index < -0.39 is 40.2 Å². The second-order valence-electron chi connectivity index (χ2n) is 8.92. The Morgan fingerprint density at radius 1 is 1.06 bits per heavy atom. The monoisotopic (exact) mass is 434 g/mol. The lowest BCUT2D eigenvalue weighted by molar-refractivity contribution is -0.385. The molecular formula is C23H22N4O5. The molecule has 3 amide bonds. The molecule has 2 aromatic rings. The molecule has 9 nitrogen and oxygen atoms in total. The Bertz CT molecular complexity index is 1210. The summed E-state index contributed by atoms with van der Waals surface area (Å²) in [7, 11) is 0. The summed E-state index contributed by atoms with van der Waals surface area (Å²) in [5, 5.41) is 17.6. The zero-order valence-electron chi connectivity index (χ0n) is 17.8. The number of carbonyl (C=O) groups excluding carboxylic acids is 3. The number of nitro groups is 1. The molecule has 9 heteroatoms. The zero-order valence-corrected chi connectivity index (χ0v) is 17.8. The Labute approximate surface area is 183 Å². The number of hydrogen-bond donors (Lipinski definition) is 2. The van der Waals surface area contributed by atoms with Gasteiger partial charge < -0.3 is 5.32 Å². The maximum atomic E-state index is 13.8. The molecule has 0 unspecified atom stereocenters. The predicted octanol–water partition coefficient (Wildman–Crippen LogP) is 2.48. The van der Waals surface area contributed by atoms with Crippen LogP contribution in [0.5, 0.6) is 0 Å². The summed E-state index contributed by atoms with van der Waals surface area (Å²) >= 11 is 0. The Kier molecular flexibility index (Phi) is 4.26. The second-order valence-corrected chi connectivity index (χ2v) is 8.92. The van der Waals surface area contributed by atoms with Crippen molar-refractivity contribution in [3.05, 3.63) is 63.7 Å². The zero-order chi connectivity index (χ0) is 22.9. The first-order valence-corrected chi connectivity index (χ1v) is 10.5. The molecule has 164 valence electrons. The van der Waals surface area contributed by atoms with E-state index in [0.717, 1.165) is 4.90 Å². The molecule has 3 heterocycles. The first-order chi connectivity index (χ1) is 15.2. The number of nitrogens with one attached hydrogen (secondary N) is 2. The van der Waals surface area contributed by atoms with Crippen molar-refractivity contribution in [1.29, 1.82) is 0 Å². The average molecular weight is 434 g/mol. The quantitative estimate of drug-likeness (QED) is 0.435. The van der Waals surface area contributed by atoms with E-state index in [9.17, 15) is 24.5 Å². The molecule has 3 aliphatic rings. The van der Waals surface area contributed by atoms with Crippen molar-refractivity contribution in [3.8, 4) is 0 Å². The van der Waals surface area contributed by atoms with Gasteiger partial charge in [-0.05, 0) is 25.0 Å². The molecule has 2 N–H and O–H groups in total. The third-order valence-corrected chi connectivity index (χ3v) is 6.99. The molecule has 3 aliphatic heterocycles. The molecule has 0 aromatic heterocycles. The van der Waals surface area contributed by atoms with Gasteiger partial charge in [0.1, 0.15) is 5.54 Å². The number of imide groups is 1. The summed E-state index contributed by atoms with van der Waals surface area (Å²) in [4.78, 5) is 52.8. The minimum Gasteiger partial charge on any atom is -0.324 e. The smallest absolute Gasteiger partial charge is 0.274 e. The van der Waals surface area contributed by atoms with Gasteiger partial charge >= 0.3 is 0 Å². The molecule has 0 aliphatic carbocycles. The lowest BCUT2D eigenvalue weighted by atomic mass is 9.76. The first-order valence-electron chi connectivity index (χ1n) is 10.5. The molecule has 0 bridgehead atoms. The van der Waals surface area contributed by atoms with Crippen molar-refractivity contribution in [1.82, 2.24) is 5.32 Å². The Morgan fingerprint density at radius 3 is 2.47 bits per heavy atom. The number of amides is 3. The minimum absolute atomic E-state index is 0.0367. The van der Waals surface area contributed by atoms with Crippen LogP contribution >= 0.6 is 0 Å². The minimum atomic E-state index is -1.37. The third kappa shape index (κ3) is 2.39. The molecule has 32 heavy (non-hydrogen) atoms. The van der Waals surface area contributed by atoms with Crippen LogP contribution in [0.15, 0.2) is 42.5 Å². The maximum absolute atomic E-state index is 13.8. The van der Waals surface area contributed by atoms with Gasteiger partial charge in [-0.2, -0.15) is 0 Å². The number of nitro benzene ring substituents is 1. The lowest BCUT2D eigenvalue weighted by Crippen LogP contribution is -2.54. The lowest BCUT2D eigenvalue weighted by Gasteiger charge is -2.30. The Hall–Kier alpha value is -3.59. The highest BCUT2D eigenvalue weighted by atomic mass is 16.6. The fourth-order valence-corrected chi connectivity index (χ4v) is 5.55. The van der Waals surface area contributed by atoms with Crippen LogP contribution < -0.4 is 15.5 Å². The summed E-state index contributed by atoms with van der Waals surface area (Å²) in [6, 6.07) is 11.1. The summed E-state index contributed by atoms with van der Waals surface area (Å²) in [6.45, 7) is 5.39. The average Bonchev–Trinajstić information content (AvgIpc) is 3.34. The molecule has 2 saturated heterocycles. The highest BCUT2D eigenvalue weighted by molar-refractivity contribution is 6.26. The molecule has 0 saturated carbocycles. The summed E-state index contributed by atoms with van der Waals surface area (Å²) in [5.74, 6) is -3.08. The normalized spacial score (nSPS) is 28.4. The van der Waals surface area contributed by atoms with Crippen molar-refractivity contribution in [2.24, 2.45) is 17.8 Å². The fraction of sp³-hybridized carbons (Fsp3) is 0.348. The number of fused-ring (bicyclic) bond motifs is 4. The number of nitrogens with zero attached hydrogens (tertiary/aromatic N) is 2. The largest absolute Gasteiger partial charge is 0.324 e. The van der Waals surface area contributed by atoms with Crippen LogP contribution in [0.25, 0.3) is 0 Å². The van der Waals surface area contributed by atoms with Crippen LogP contribution in [0.2, 0.25) is 0 Å². The molecule has 5 rings (SSSR count). The molecule has 1 spiro atoms. The van der Waals surface area contributed by atoms with Crippen LogP contribution in [0.3, 0.4) is 0 Å². The van der Waals surface area contributed by atoms with Gasteiger partial charge in [0.25, 0.3) is 5.69 Å². The topological polar surface area (TPSA) is 122 Å². The Balaban J connectivity index is 1.70. The molecular weight excluding hydrogens is 412 g/mol. The van der Waals surface area contributed by atoms with E-state index in [-0.39, 0.29) is 28.8 Å². The SMILES string of the molecule is Cc1c(N2C(=O)[C@@H]3[C@H](C(C)C)N[C@]4(C(=O)Nc5ccccc54)[C@H]3C2=O)cccc1[N+](=O)[O-]. The van der Waals surface area contributed by atoms with Crippen molar-refractivity contribution in [2.45, 2.75) is 32.4 Å². The third-order valence-electron chi connectivity index (χ3n) is 6.99. The number of para-hydroxylation sites is 1. The van der Waals surface area contributed by atoms with Crippen molar-refractivity contribution < 1.29 is 19.3 Å². The number of rotatable bonds is 3. The molecule has 0 radical (unpaired) electrons. The van der Waals surface area contributed by atoms with Crippen LogP contribution in [0, 0.1) is 34.8 Å². The number of hydrogen-bond acceptors (Lipinski definition) is 6. The second kappa shape index (κ2) is 6.70. The maximum Gasteiger partial charge on any atom is 0.274 e. The van der Waals surface area contributed by atoms with Gasteiger partial charge in [-0.25, -0.2) is 4.90 Å². The van der Waals surface area contributed by atoms with Gasteiger partial charge in [-0.1, -0.05) is 38.1 Å². The van der Waals surface area contributed by atoms with Crippen LogP contribution in [0.1, 0.15) is 25.0 Å². The van der Waals surface area contributed by atoms with E-state index in [1.807, 2.05) is 13.8 Å².